The van der Waals surface area contributed by atoms with Crippen molar-refractivity contribution in [2.45, 2.75) is 39.2 Å². The summed E-state index contributed by atoms with van der Waals surface area (Å²) in [4.78, 5) is 0. The van der Waals surface area contributed by atoms with Crippen LogP contribution in [0.1, 0.15) is 32.6 Å². The maximum atomic E-state index is 6.05. The average molecular weight is 292 g/mol. The third-order valence-corrected chi connectivity index (χ3v) is 4.67. The fourth-order valence-corrected chi connectivity index (χ4v) is 3.02. The number of nitrogens with two attached hydrogens (primary N) is 1. The average Bonchev–Trinajstić information content (AvgIpc) is 2.84. The SMILES string of the molecule is CCC1(Cn2nnnc2-c2cc(Cl)ccc2N)CCC1. The molecule has 106 valence electrons. The fraction of sp³-hybridized carbons (Fsp3) is 0.500. The molecule has 2 aromatic rings. The van der Waals surface area contributed by atoms with Crippen LogP contribution in [0.4, 0.5) is 5.69 Å². The number of rotatable bonds is 4. The van der Waals surface area contributed by atoms with Gasteiger partial charge in [-0.1, -0.05) is 24.9 Å². The highest BCUT2D eigenvalue weighted by molar-refractivity contribution is 6.31. The first kappa shape index (κ1) is 13.4. The van der Waals surface area contributed by atoms with Crippen LogP contribution in [0, 0.1) is 5.41 Å². The zero-order valence-electron chi connectivity index (χ0n) is 11.5. The molecule has 0 unspecified atom stereocenters. The second-order valence-electron chi connectivity index (χ2n) is 5.60. The predicted octanol–water partition coefficient (Wildman–Crippen LogP) is 3.16. The summed E-state index contributed by atoms with van der Waals surface area (Å²) in [6.45, 7) is 3.08. The first-order valence-corrected chi connectivity index (χ1v) is 7.33. The highest BCUT2D eigenvalue weighted by atomic mass is 35.5. The van der Waals surface area contributed by atoms with Crippen LogP contribution in [-0.2, 0) is 6.54 Å². The molecule has 0 aliphatic heterocycles. The summed E-state index contributed by atoms with van der Waals surface area (Å²) >= 11 is 6.05. The Bertz CT molecular complexity index is 612. The van der Waals surface area contributed by atoms with Crippen LogP contribution >= 0.6 is 11.6 Å². The van der Waals surface area contributed by atoms with Crippen molar-refractivity contribution < 1.29 is 0 Å². The van der Waals surface area contributed by atoms with Crippen LogP contribution in [0.15, 0.2) is 18.2 Å². The minimum Gasteiger partial charge on any atom is -0.398 e. The van der Waals surface area contributed by atoms with Gasteiger partial charge in [0.25, 0.3) is 0 Å². The Morgan fingerprint density at radius 2 is 2.20 bits per heavy atom. The van der Waals surface area contributed by atoms with E-state index in [1.807, 2.05) is 10.7 Å². The molecule has 5 nitrogen and oxygen atoms in total. The number of anilines is 1. The van der Waals surface area contributed by atoms with Crippen LogP contribution in [0.3, 0.4) is 0 Å². The van der Waals surface area contributed by atoms with Gasteiger partial charge in [-0.2, -0.15) is 0 Å². The second kappa shape index (κ2) is 5.05. The summed E-state index contributed by atoms with van der Waals surface area (Å²) in [6, 6.07) is 5.38. The van der Waals surface area contributed by atoms with E-state index in [9.17, 15) is 0 Å². The minimum absolute atomic E-state index is 0.345. The van der Waals surface area contributed by atoms with E-state index in [0.29, 0.717) is 21.9 Å². The van der Waals surface area contributed by atoms with E-state index in [1.54, 1.807) is 12.1 Å². The van der Waals surface area contributed by atoms with E-state index in [2.05, 4.69) is 22.4 Å². The van der Waals surface area contributed by atoms with Crippen molar-refractivity contribution in [2.24, 2.45) is 5.41 Å². The van der Waals surface area contributed by atoms with Crippen molar-refractivity contribution in [1.29, 1.82) is 0 Å². The molecule has 20 heavy (non-hydrogen) atoms. The molecule has 0 amide bonds. The van der Waals surface area contributed by atoms with Gasteiger partial charge in [0.1, 0.15) is 0 Å². The molecule has 0 saturated heterocycles. The van der Waals surface area contributed by atoms with Crippen LogP contribution in [0.25, 0.3) is 11.4 Å². The Morgan fingerprint density at radius 1 is 1.40 bits per heavy atom. The van der Waals surface area contributed by atoms with Gasteiger partial charge in [-0.05, 0) is 53.3 Å². The van der Waals surface area contributed by atoms with Crippen LogP contribution in [0.5, 0.6) is 0 Å². The molecule has 0 spiro atoms. The van der Waals surface area contributed by atoms with E-state index in [0.717, 1.165) is 18.5 Å². The van der Waals surface area contributed by atoms with Gasteiger partial charge >= 0.3 is 0 Å². The lowest BCUT2D eigenvalue weighted by atomic mass is 9.67. The van der Waals surface area contributed by atoms with E-state index in [-0.39, 0.29) is 0 Å². The molecule has 0 radical (unpaired) electrons. The molecule has 1 aliphatic rings. The van der Waals surface area contributed by atoms with Crippen molar-refractivity contribution in [3.63, 3.8) is 0 Å². The van der Waals surface area contributed by atoms with Gasteiger partial charge < -0.3 is 5.73 Å². The third kappa shape index (κ3) is 2.26. The molecule has 1 aromatic heterocycles. The number of benzene rings is 1. The summed E-state index contributed by atoms with van der Waals surface area (Å²) < 4.78 is 1.87. The van der Waals surface area contributed by atoms with Gasteiger partial charge in [0, 0.05) is 16.3 Å². The van der Waals surface area contributed by atoms with Gasteiger partial charge in [-0.3, -0.25) is 0 Å². The summed E-state index contributed by atoms with van der Waals surface area (Å²) in [7, 11) is 0. The summed E-state index contributed by atoms with van der Waals surface area (Å²) in [5.74, 6) is 0.699. The number of tetrazole rings is 1. The molecule has 0 atom stereocenters. The van der Waals surface area contributed by atoms with Crippen molar-refractivity contribution in [3.05, 3.63) is 23.2 Å². The van der Waals surface area contributed by atoms with Crippen molar-refractivity contribution >= 4 is 17.3 Å². The zero-order valence-corrected chi connectivity index (χ0v) is 12.3. The third-order valence-electron chi connectivity index (χ3n) is 4.44. The van der Waals surface area contributed by atoms with Gasteiger partial charge in [0.2, 0.25) is 0 Å². The van der Waals surface area contributed by atoms with E-state index < -0.39 is 0 Å². The Morgan fingerprint density at radius 3 is 2.85 bits per heavy atom. The molecule has 0 bridgehead atoms. The first-order chi connectivity index (χ1) is 9.63. The quantitative estimate of drug-likeness (QED) is 0.879. The van der Waals surface area contributed by atoms with Gasteiger partial charge in [0.05, 0.1) is 6.54 Å². The molecule has 1 heterocycles. The number of nitrogens with zero attached hydrogens (tertiary/aromatic N) is 4. The standard InChI is InChI=1S/C14H18ClN5/c1-2-14(6-3-7-14)9-20-13(17-18-19-20)11-8-10(15)4-5-12(11)16/h4-5,8H,2-3,6-7,9,16H2,1H3. The van der Waals surface area contributed by atoms with Crippen molar-refractivity contribution in [3.8, 4) is 11.4 Å². The summed E-state index contributed by atoms with van der Waals surface area (Å²) in [5, 5.41) is 12.7. The second-order valence-corrected chi connectivity index (χ2v) is 6.04. The monoisotopic (exact) mass is 291 g/mol. The molecule has 1 aromatic carbocycles. The van der Waals surface area contributed by atoms with Crippen molar-refractivity contribution in [1.82, 2.24) is 20.2 Å². The number of nitrogen functional groups attached to an aromatic ring is 1. The lowest BCUT2D eigenvalue weighted by molar-refractivity contribution is 0.0948. The molecular formula is C14H18ClN5. The Balaban J connectivity index is 1.96. The Kier molecular flexibility index (Phi) is 3.38. The van der Waals surface area contributed by atoms with E-state index in [4.69, 9.17) is 17.3 Å². The lowest BCUT2D eigenvalue weighted by Crippen LogP contribution is -2.34. The molecule has 3 rings (SSSR count). The highest BCUT2D eigenvalue weighted by Crippen LogP contribution is 2.45. The summed E-state index contributed by atoms with van der Waals surface area (Å²) in [5.41, 5.74) is 7.81. The maximum absolute atomic E-state index is 6.05. The first-order valence-electron chi connectivity index (χ1n) is 6.95. The van der Waals surface area contributed by atoms with Gasteiger partial charge in [-0.15, -0.1) is 5.10 Å². The topological polar surface area (TPSA) is 69.6 Å². The number of hydrogen-bond acceptors (Lipinski definition) is 4. The molecule has 2 N–H and O–H groups in total. The smallest absolute Gasteiger partial charge is 0.184 e. The normalized spacial score (nSPS) is 16.9. The minimum atomic E-state index is 0.345. The largest absolute Gasteiger partial charge is 0.398 e. The number of aromatic nitrogens is 4. The van der Waals surface area contributed by atoms with Gasteiger partial charge in [0.15, 0.2) is 5.82 Å². The van der Waals surface area contributed by atoms with Crippen LogP contribution < -0.4 is 5.73 Å². The van der Waals surface area contributed by atoms with E-state index in [1.165, 1.54) is 19.3 Å². The Labute approximate surface area is 123 Å². The summed E-state index contributed by atoms with van der Waals surface area (Å²) in [6.07, 6.45) is 4.93. The van der Waals surface area contributed by atoms with Crippen molar-refractivity contribution in [2.75, 3.05) is 5.73 Å². The fourth-order valence-electron chi connectivity index (χ4n) is 2.84. The van der Waals surface area contributed by atoms with Crippen LogP contribution in [0.2, 0.25) is 5.02 Å². The molecule has 1 aliphatic carbocycles. The van der Waals surface area contributed by atoms with E-state index >= 15 is 0 Å². The molecule has 1 fully saturated rings. The zero-order chi connectivity index (χ0) is 14.2. The highest BCUT2D eigenvalue weighted by Gasteiger charge is 2.36. The molecule has 1 saturated carbocycles. The predicted molar refractivity (Wildman–Crippen MR) is 79.3 cm³/mol. The van der Waals surface area contributed by atoms with Crippen LogP contribution in [-0.4, -0.2) is 20.2 Å². The molecule has 6 heteroatoms. The number of halogens is 1. The Hall–Kier alpha value is -1.62. The number of hydrogen-bond donors (Lipinski definition) is 1. The van der Waals surface area contributed by atoms with Gasteiger partial charge in [-0.25, -0.2) is 4.68 Å². The maximum Gasteiger partial charge on any atom is 0.184 e. The molecular weight excluding hydrogens is 274 g/mol. The lowest BCUT2D eigenvalue weighted by Gasteiger charge is -2.41.